The third-order valence-corrected chi connectivity index (χ3v) is 6.05. The van der Waals surface area contributed by atoms with E-state index in [9.17, 15) is 9.59 Å². The van der Waals surface area contributed by atoms with Gasteiger partial charge in [-0.15, -0.1) is 10.2 Å². The number of carbonyl (C=O) groups is 2. The van der Waals surface area contributed by atoms with Crippen LogP contribution in [0.25, 0.3) is 0 Å². The van der Waals surface area contributed by atoms with E-state index >= 15 is 0 Å². The van der Waals surface area contributed by atoms with Gasteiger partial charge in [0.1, 0.15) is 5.82 Å². The van der Waals surface area contributed by atoms with Crippen molar-refractivity contribution in [3.63, 3.8) is 0 Å². The Hall–Kier alpha value is -3.13. The minimum absolute atomic E-state index is 0.103. The summed E-state index contributed by atoms with van der Waals surface area (Å²) in [4.78, 5) is 24.8. The van der Waals surface area contributed by atoms with Gasteiger partial charge >= 0.3 is 0 Å². The highest BCUT2D eigenvalue weighted by Crippen LogP contribution is 2.20. The standard InChI is InChI=1S/C23H27N5O2S/c1-14-6-7-16(3)19(10-14)25-22(30)13-31-23-27-26-20(28(23)5)12-21(29)24-18-9-8-15(2)17(4)11-18/h6-11H,12-13H2,1-5H3,(H,24,29)(H,25,30). The Morgan fingerprint density at radius 1 is 0.903 bits per heavy atom. The molecule has 0 saturated heterocycles. The maximum atomic E-state index is 12.4. The summed E-state index contributed by atoms with van der Waals surface area (Å²) in [5.74, 6) is 0.464. The number of amides is 2. The molecule has 0 bridgehead atoms. The monoisotopic (exact) mass is 437 g/mol. The van der Waals surface area contributed by atoms with Crippen molar-refractivity contribution in [3.8, 4) is 0 Å². The Balaban J connectivity index is 1.55. The number of aromatic nitrogens is 3. The molecule has 7 nitrogen and oxygen atoms in total. The first-order valence-corrected chi connectivity index (χ1v) is 11.0. The lowest BCUT2D eigenvalue weighted by molar-refractivity contribution is -0.116. The maximum absolute atomic E-state index is 12.4. The summed E-state index contributed by atoms with van der Waals surface area (Å²) < 4.78 is 1.75. The molecular weight excluding hydrogens is 410 g/mol. The molecule has 0 atom stereocenters. The van der Waals surface area contributed by atoms with Crippen LogP contribution in [0.15, 0.2) is 41.6 Å². The predicted molar refractivity (Wildman–Crippen MR) is 125 cm³/mol. The fourth-order valence-electron chi connectivity index (χ4n) is 2.98. The van der Waals surface area contributed by atoms with Gasteiger partial charge in [-0.3, -0.25) is 9.59 Å². The molecule has 0 spiro atoms. The SMILES string of the molecule is Cc1ccc(C)c(NC(=O)CSc2nnc(CC(=O)Nc3ccc(C)c(C)c3)n2C)c1. The third-order valence-electron chi connectivity index (χ3n) is 5.03. The lowest BCUT2D eigenvalue weighted by atomic mass is 10.1. The van der Waals surface area contributed by atoms with Gasteiger partial charge in [-0.05, 0) is 68.1 Å². The van der Waals surface area contributed by atoms with E-state index in [0.717, 1.165) is 28.1 Å². The highest BCUT2D eigenvalue weighted by molar-refractivity contribution is 7.99. The largest absolute Gasteiger partial charge is 0.326 e. The second kappa shape index (κ2) is 9.78. The molecule has 1 heterocycles. The summed E-state index contributed by atoms with van der Waals surface area (Å²) in [5, 5.41) is 14.7. The molecule has 3 aromatic rings. The number of rotatable bonds is 7. The third kappa shape index (κ3) is 5.95. The topological polar surface area (TPSA) is 88.9 Å². The zero-order valence-corrected chi connectivity index (χ0v) is 19.3. The summed E-state index contributed by atoms with van der Waals surface area (Å²) >= 11 is 1.29. The highest BCUT2D eigenvalue weighted by atomic mass is 32.2. The van der Waals surface area contributed by atoms with Crippen LogP contribution in [0.3, 0.4) is 0 Å². The molecule has 0 fully saturated rings. The normalized spacial score (nSPS) is 10.7. The Labute approximate surface area is 186 Å². The second-order valence-electron chi connectivity index (χ2n) is 7.64. The van der Waals surface area contributed by atoms with Crippen LogP contribution in [-0.4, -0.2) is 32.3 Å². The van der Waals surface area contributed by atoms with Crippen molar-refractivity contribution in [1.29, 1.82) is 0 Å². The molecule has 8 heteroatoms. The molecule has 162 valence electrons. The van der Waals surface area contributed by atoms with Crippen LogP contribution in [0.4, 0.5) is 11.4 Å². The zero-order valence-electron chi connectivity index (χ0n) is 18.4. The Kier molecular flexibility index (Phi) is 7.12. The lowest BCUT2D eigenvalue weighted by Crippen LogP contribution is -2.17. The van der Waals surface area contributed by atoms with Crippen LogP contribution in [0.2, 0.25) is 0 Å². The smallest absolute Gasteiger partial charge is 0.234 e. The number of hydrogen-bond donors (Lipinski definition) is 2. The molecule has 1 aromatic heterocycles. The number of benzene rings is 2. The quantitative estimate of drug-likeness (QED) is 0.546. The van der Waals surface area contributed by atoms with Gasteiger partial charge in [0, 0.05) is 18.4 Å². The number of anilines is 2. The van der Waals surface area contributed by atoms with Crippen LogP contribution in [0, 0.1) is 27.7 Å². The fraction of sp³-hybridized carbons (Fsp3) is 0.304. The Morgan fingerprint density at radius 3 is 2.39 bits per heavy atom. The van der Waals surface area contributed by atoms with E-state index in [1.807, 2.05) is 64.1 Å². The predicted octanol–water partition coefficient (Wildman–Crippen LogP) is 3.96. The average molecular weight is 438 g/mol. The minimum atomic E-state index is -0.164. The van der Waals surface area contributed by atoms with Crippen LogP contribution < -0.4 is 10.6 Å². The van der Waals surface area contributed by atoms with Crippen molar-refractivity contribution in [2.75, 3.05) is 16.4 Å². The van der Waals surface area contributed by atoms with Crippen LogP contribution in [0.5, 0.6) is 0 Å². The molecule has 0 aliphatic heterocycles. The Morgan fingerprint density at radius 2 is 1.65 bits per heavy atom. The summed E-state index contributed by atoms with van der Waals surface area (Å²) in [6.45, 7) is 7.98. The molecule has 2 N–H and O–H groups in total. The number of nitrogens with zero attached hydrogens (tertiary/aromatic N) is 3. The fourth-order valence-corrected chi connectivity index (χ4v) is 3.71. The summed E-state index contributed by atoms with van der Waals surface area (Å²) in [6, 6.07) is 11.7. The molecule has 2 aromatic carbocycles. The summed E-state index contributed by atoms with van der Waals surface area (Å²) in [7, 11) is 1.80. The van der Waals surface area contributed by atoms with Gasteiger partial charge in [0.05, 0.1) is 12.2 Å². The first kappa shape index (κ1) is 22.6. The van der Waals surface area contributed by atoms with Crippen molar-refractivity contribution in [2.45, 2.75) is 39.3 Å². The van der Waals surface area contributed by atoms with E-state index in [1.54, 1.807) is 11.6 Å². The number of aryl methyl sites for hydroxylation is 4. The van der Waals surface area contributed by atoms with E-state index in [2.05, 4.69) is 20.8 Å². The zero-order chi connectivity index (χ0) is 22.5. The second-order valence-corrected chi connectivity index (χ2v) is 8.58. The van der Waals surface area contributed by atoms with Gasteiger partial charge in [-0.1, -0.05) is 30.0 Å². The van der Waals surface area contributed by atoms with E-state index in [1.165, 1.54) is 17.3 Å². The number of nitrogens with one attached hydrogen (secondary N) is 2. The van der Waals surface area contributed by atoms with E-state index in [0.29, 0.717) is 11.0 Å². The van der Waals surface area contributed by atoms with E-state index in [4.69, 9.17) is 0 Å². The van der Waals surface area contributed by atoms with Crippen molar-refractivity contribution in [2.24, 2.45) is 7.05 Å². The molecule has 0 aliphatic carbocycles. The minimum Gasteiger partial charge on any atom is -0.326 e. The highest BCUT2D eigenvalue weighted by Gasteiger charge is 2.15. The van der Waals surface area contributed by atoms with Crippen molar-refractivity contribution in [3.05, 3.63) is 64.5 Å². The van der Waals surface area contributed by atoms with Gasteiger partial charge in [-0.2, -0.15) is 0 Å². The summed E-state index contributed by atoms with van der Waals surface area (Å²) in [6.07, 6.45) is 0.103. The number of hydrogen-bond acceptors (Lipinski definition) is 5. The Bertz CT molecular complexity index is 1120. The number of carbonyl (C=O) groups excluding carboxylic acids is 2. The van der Waals surface area contributed by atoms with Crippen LogP contribution in [-0.2, 0) is 23.1 Å². The first-order chi connectivity index (χ1) is 14.7. The van der Waals surface area contributed by atoms with Crippen molar-refractivity contribution >= 4 is 35.0 Å². The van der Waals surface area contributed by atoms with Gasteiger partial charge in [-0.25, -0.2) is 0 Å². The van der Waals surface area contributed by atoms with Crippen molar-refractivity contribution in [1.82, 2.24) is 14.8 Å². The maximum Gasteiger partial charge on any atom is 0.234 e. The molecule has 31 heavy (non-hydrogen) atoms. The van der Waals surface area contributed by atoms with Gasteiger partial charge < -0.3 is 15.2 Å². The molecule has 0 unspecified atom stereocenters. The molecule has 3 rings (SSSR count). The number of thioether (sulfide) groups is 1. The molecular formula is C23H27N5O2S. The molecule has 0 aliphatic rings. The van der Waals surface area contributed by atoms with E-state index < -0.39 is 0 Å². The van der Waals surface area contributed by atoms with Crippen molar-refractivity contribution < 1.29 is 9.59 Å². The van der Waals surface area contributed by atoms with Crippen LogP contribution in [0.1, 0.15) is 28.1 Å². The molecule has 2 amide bonds. The van der Waals surface area contributed by atoms with Gasteiger partial charge in [0.15, 0.2) is 5.16 Å². The van der Waals surface area contributed by atoms with Gasteiger partial charge in [0.25, 0.3) is 0 Å². The molecule has 0 saturated carbocycles. The molecule has 0 radical (unpaired) electrons. The van der Waals surface area contributed by atoms with Crippen LogP contribution >= 0.6 is 11.8 Å². The van der Waals surface area contributed by atoms with Gasteiger partial charge in [0.2, 0.25) is 11.8 Å². The first-order valence-electron chi connectivity index (χ1n) is 9.98. The summed E-state index contributed by atoms with van der Waals surface area (Å²) in [5.41, 5.74) is 5.97. The lowest BCUT2D eigenvalue weighted by Gasteiger charge is -2.09. The average Bonchev–Trinajstić information content (AvgIpc) is 3.05. The van der Waals surface area contributed by atoms with E-state index in [-0.39, 0.29) is 24.0 Å².